The van der Waals surface area contributed by atoms with Gasteiger partial charge in [-0.2, -0.15) is 5.26 Å². The largest absolute Gasteiger partial charge is 0.382 e. The van der Waals surface area contributed by atoms with Gasteiger partial charge < -0.3 is 10.6 Å². The molecule has 1 aromatic rings. The third-order valence-corrected chi connectivity index (χ3v) is 2.11. The van der Waals surface area contributed by atoms with Gasteiger partial charge in [-0.15, -0.1) is 0 Å². The molecule has 80 valence electrons. The van der Waals surface area contributed by atoms with Crippen molar-refractivity contribution in [3.8, 4) is 6.07 Å². The van der Waals surface area contributed by atoms with Gasteiger partial charge in [-0.25, -0.2) is 4.98 Å². The van der Waals surface area contributed by atoms with Crippen molar-refractivity contribution in [2.24, 2.45) is 5.92 Å². The first-order valence-corrected chi connectivity index (χ1v) is 5.01. The third kappa shape index (κ3) is 3.56. The SMILES string of the molecule is CNCC(C)CNc1cccnc1C#N. The first kappa shape index (κ1) is 11.5. The summed E-state index contributed by atoms with van der Waals surface area (Å²) in [5.74, 6) is 0.516. The molecular weight excluding hydrogens is 188 g/mol. The van der Waals surface area contributed by atoms with Gasteiger partial charge in [0.25, 0.3) is 0 Å². The average molecular weight is 204 g/mol. The zero-order valence-corrected chi connectivity index (χ0v) is 9.12. The Hall–Kier alpha value is -1.60. The van der Waals surface area contributed by atoms with Crippen molar-refractivity contribution in [1.29, 1.82) is 5.26 Å². The molecule has 0 saturated carbocycles. The normalized spacial score (nSPS) is 11.8. The average Bonchev–Trinajstić information content (AvgIpc) is 2.27. The molecule has 1 aromatic heterocycles. The molecule has 0 aliphatic rings. The molecule has 2 N–H and O–H groups in total. The highest BCUT2D eigenvalue weighted by molar-refractivity contribution is 5.53. The molecule has 1 unspecified atom stereocenters. The summed E-state index contributed by atoms with van der Waals surface area (Å²) in [7, 11) is 1.93. The fourth-order valence-electron chi connectivity index (χ4n) is 1.34. The Balaban J connectivity index is 2.54. The Morgan fingerprint density at radius 1 is 1.53 bits per heavy atom. The fraction of sp³-hybridized carbons (Fsp3) is 0.455. The Labute approximate surface area is 90.3 Å². The second-order valence-electron chi connectivity index (χ2n) is 3.56. The maximum absolute atomic E-state index is 8.82. The molecule has 1 rings (SSSR count). The van der Waals surface area contributed by atoms with Gasteiger partial charge in [0.2, 0.25) is 0 Å². The minimum Gasteiger partial charge on any atom is -0.382 e. The van der Waals surface area contributed by atoms with Crippen molar-refractivity contribution >= 4 is 5.69 Å². The molecule has 15 heavy (non-hydrogen) atoms. The van der Waals surface area contributed by atoms with Crippen LogP contribution in [0, 0.1) is 17.2 Å². The lowest BCUT2D eigenvalue weighted by Crippen LogP contribution is -2.23. The quantitative estimate of drug-likeness (QED) is 0.757. The van der Waals surface area contributed by atoms with Gasteiger partial charge in [-0.05, 0) is 31.6 Å². The smallest absolute Gasteiger partial charge is 0.163 e. The molecule has 0 aliphatic carbocycles. The van der Waals surface area contributed by atoms with E-state index in [9.17, 15) is 0 Å². The van der Waals surface area contributed by atoms with Crippen LogP contribution in [0.5, 0.6) is 0 Å². The van der Waals surface area contributed by atoms with Crippen LogP contribution in [-0.4, -0.2) is 25.1 Å². The summed E-state index contributed by atoms with van der Waals surface area (Å²) in [6.07, 6.45) is 1.63. The lowest BCUT2D eigenvalue weighted by molar-refractivity contribution is 0.569. The van der Waals surface area contributed by atoms with Crippen LogP contribution in [0.15, 0.2) is 18.3 Å². The summed E-state index contributed by atoms with van der Waals surface area (Å²) in [4.78, 5) is 3.98. The number of aromatic nitrogens is 1. The minimum atomic E-state index is 0.453. The zero-order valence-electron chi connectivity index (χ0n) is 9.12. The molecule has 0 aliphatic heterocycles. The first-order valence-electron chi connectivity index (χ1n) is 5.01. The van der Waals surface area contributed by atoms with Gasteiger partial charge in [0, 0.05) is 12.7 Å². The zero-order chi connectivity index (χ0) is 11.1. The monoisotopic (exact) mass is 204 g/mol. The number of nitriles is 1. The Kier molecular flexibility index (Phi) is 4.58. The molecule has 4 nitrogen and oxygen atoms in total. The molecule has 0 spiro atoms. The van der Waals surface area contributed by atoms with E-state index in [1.54, 1.807) is 6.20 Å². The molecule has 1 atom stereocenters. The molecular formula is C11H16N4. The third-order valence-electron chi connectivity index (χ3n) is 2.11. The summed E-state index contributed by atoms with van der Waals surface area (Å²) in [5.41, 5.74) is 1.26. The highest BCUT2D eigenvalue weighted by atomic mass is 14.9. The Bertz CT molecular complexity index is 343. The number of nitrogens with zero attached hydrogens (tertiary/aromatic N) is 2. The van der Waals surface area contributed by atoms with E-state index in [1.165, 1.54) is 0 Å². The van der Waals surface area contributed by atoms with Gasteiger partial charge >= 0.3 is 0 Å². The Morgan fingerprint density at radius 3 is 3.00 bits per heavy atom. The first-order chi connectivity index (χ1) is 7.27. The molecule has 1 heterocycles. The van der Waals surface area contributed by atoms with Crippen molar-refractivity contribution in [1.82, 2.24) is 10.3 Å². The van der Waals surface area contributed by atoms with Crippen LogP contribution in [0.1, 0.15) is 12.6 Å². The topological polar surface area (TPSA) is 60.7 Å². The molecule has 0 aromatic carbocycles. The van der Waals surface area contributed by atoms with E-state index >= 15 is 0 Å². The van der Waals surface area contributed by atoms with Crippen LogP contribution >= 0.6 is 0 Å². The Morgan fingerprint density at radius 2 is 2.33 bits per heavy atom. The molecule has 4 heteroatoms. The second kappa shape index (κ2) is 5.99. The molecule has 0 bridgehead atoms. The van der Waals surface area contributed by atoms with E-state index in [2.05, 4.69) is 28.6 Å². The van der Waals surface area contributed by atoms with Gasteiger partial charge in [0.1, 0.15) is 6.07 Å². The summed E-state index contributed by atoms with van der Waals surface area (Å²) in [6.45, 7) is 3.93. The minimum absolute atomic E-state index is 0.453. The van der Waals surface area contributed by atoms with E-state index in [4.69, 9.17) is 5.26 Å². The molecule has 0 fully saturated rings. The summed E-state index contributed by atoms with van der Waals surface area (Å²) >= 11 is 0. The van der Waals surface area contributed by atoms with Crippen LogP contribution in [0.4, 0.5) is 5.69 Å². The second-order valence-corrected chi connectivity index (χ2v) is 3.56. The van der Waals surface area contributed by atoms with Gasteiger partial charge in [-0.1, -0.05) is 6.92 Å². The predicted octanol–water partition coefficient (Wildman–Crippen LogP) is 1.22. The number of nitrogens with one attached hydrogen (secondary N) is 2. The lowest BCUT2D eigenvalue weighted by atomic mass is 10.2. The highest BCUT2D eigenvalue weighted by Crippen LogP contribution is 2.10. The molecule has 0 saturated heterocycles. The van der Waals surface area contributed by atoms with Crippen LogP contribution in [0.2, 0.25) is 0 Å². The van der Waals surface area contributed by atoms with Crippen molar-refractivity contribution in [2.45, 2.75) is 6.92 Å². The van der Waals surface area contributed by atoms with Gasteiger partial charge in [0.15, 0.2) is 5.69 Å². The maximum atomic E-state index is 8.82. The number of hydrogen-bond acceptors (Lipinski definition) is 4. The van der Waals surface area contributed by atoms with Gasteiger partial charge in [0.05, 0.1) is 5.69 Å². The van der Waals surface area contributed by atoms with Crippen LogP contribution in [-0.2, 0) is 0 Å². The standard InChI is InChI=1S/C11H16N4/c1-9(7-13-2)8-15-10-4-3-5-14-11(10)6-12/h3-5,9,13,15H,7-8H2,1-2H3. The summed E-state index contributed by atoms with van der Waals surface area (Å²) in [6, 6.07) is 5.76. The fourth-order valence-corrected chi connectivity index (χ4v) is 1.34. The van der Waals surface area contributed by atoms with E-state index in [-0.39, 0.29) is 0 Å². The van der Waals surface area contributed by atoms with Crippen molar-refractivity contribution in [3.05, 3.63) is 24.0 Å². The number of rotatable bonds is 5. The number of anilines is 1. The van der Waals surface area contributed by atoms with Crippen molar-refractivity contribution in [3.63, 3.8) is 0 Å². The molecule has 0 radical (unpaired) electrons. The summed E-state index contributed by atoms with van der Waals surface area (Å²) in [5, 5.41) is 15.2. The van der Waals surface area contributed by atoms with Crippen LogP contribution in [0.3, 0.4) is 0 Å². The van der Waals surface area contributed by atoms with E-state index in [0.29, 0.717) is 11.6 Å². The van der Waals surface area contributed by atoms with Crippen molar-refractivity contribution in [2.75, 3.05) is 25.5 Å². The predicted molar refractivity (Wildman–Crippen MR) is 60.5 cm³/mol. The molecule has 0 amide bonds. The van der Waals surface area contributed by atoms with Crippen LogP contribution < -0.4 is 10.6 Å². The van der Waals surface area contributed by atoms with E-state index in [1.807, 2.05) is 19.2 Å². The van der Waals surface area contributed by atoms with Crippen LogP contribution in [0.25, 0.3) is 0 Å². The van der Waals surface area contributed by atoms with Crippen molar-refractivity contribution < 1.29 is 0 Å². The van der Waals surface area contributed by atoms with E-state index in [0.717, 1.165) is 18.8 Å². The summed E-state index contributed by atoms with van der Waals surface area (Å²) < 4.78 is 0. The lowest BCUT2D eigenvalue weighted by Gasteiger charge is -2.13. The van der Waals surface area contributed by atoms with E-state index < -0.39 is 0 Å². The maximum Gasteiger partial charge on any atom is 0.163 e. The number of hydrogen-bond donors (Lipinski definition) is 2. The van der Waals surface area contributed by atoms with Gasteiger partial charge in [-0.3, -0.25) is 0 Å². The highest BCUT2D eigenvalue weighted by Gasteiger charge is 2.04. The number of pyridine rings is 1.